The van der Waals surface area contributed by atoms with Gasteiger partial charge in [-0.2, -0.15) is 0 Å². The van der Waals surface area contributed by atoms with Crippen LogP contribution in [0.3, 0.4) is 0 Å². The molecule has 1 aliphatic carbocycles. The molecule has 18 heavy (non-hydrogen) atoms. The Labute approximate surface area is 110 Å². The number of likely N-dealkylation sites (tertiary alicyclic amines) is 1. The van der Waals surface area contributed by atoms with Gasteiger partial charge in [-0.3, -0.25) is 4.79 Å². The highest BCUT2D eigenvalue weighted by molar-refractivity contribution is 7.13. The first-order valence-electron chi connectivity index (χ1n) is 6.45. The smallest absolute Gasteiger partial charge is 0.270 e. The maximum atomic E-state index is 11.8. The summed E-state index contributed by atoms with van der Waals surface area (Å²) < 4.78 is 0. The molecule has 0 bridgehead atoms. The molecule has 1 atom stereocenters. The monoisotopic (exact) mass is 266 g/mol. The van der Waals surface area contributed by atoms with E-state index in [1.807, 2.05) is 0 Å². The Morgan fingerprint density at radius 1 is 1.56 bits per heavy atom. The number of thiazole rings is 1. The third kappa shape index (κ3) is 2.64. The minimum atomic E-state index is -0.104. The number of nitrogens with zero attached hydrogens (tertiary/aromatic N) is 2. The molecule has 2 aliphatic rings. The molecule has 0 radical (unpaired) electrons. The summed E-state index contributed by atoms with van der Waals surface area (Å²) in [6.45, 7) is 3.07. The average Bonchev–Trinajstić information content (AvgIpc) is 2.95. The van der Waals surface area contributed by atoms with Crippen LogP contribution in [0.25, 0.3) is 0 Å². The third-order valence-electron chi connectivity index (χ3n) is 3.69. The zero-order valence-electron chi connectivity index (χ0n) is 10.3. The molecule has 2 fully saturated rings. The molecule has 1 aromatic heterocycles. The van der Waals surface area contributed by atoms with E-state index >= 15 is 0 Å². The third-order valence-corrected chi connectivity index (χ3v) is 4.36. The van der Waals surface area contributed by atoms with Crippen molar-refractivity contribution in [1.82, 2.24) is 15.2 Å². The van der Waals surface area contributed by atoms with E-state index in [0.29, 0.717) is 16.7 Å². The number of hydrogen-bond donors (Lipinski definition) is 2. The lowest BCUT2D eigenvalue weighted by Gasteiger charge is -2.14. The van der Waals surface area contributed by atoms with Crippen LogP contribution in [-0.2, 0) is 0 Å². The molecule has 0 aromatic carbocycles. The number of amides is 1. The van der Waals surface area contributed by atoms with Crippen molar-refractivity contribution in [2.24, 2.45) is 5.92 Å². The van der Waals surface area contributed by atoms with Crippen LogP contribution in [-0.4, -0.2) is 41.5 Å². The Balaban J connectivity index is 1.45. The largest absolute Gasteiger partial charge is 0.375 e. The van der Waals surface area contributed by atoms with E-state index in [1.54, 1.807) is 5.38 Å². The highest BCUT2D eigenvalue weighted by Crippen LogP contribution is 2.31. The van der Waals surface area contributed by atoms with Crippen molar-refractivity contribution in [3.05, 3.63) is 11.1 Å². The number of nitrogens with two attached hydrogens (primary N) is 1. The highest BCUT2D eigenvalue weighted by Gasteiger charge is 2.34. The molecule has 2 heterocycles. The van der Waals surface area contributed by atoms with Crippen LogP contribution in [0.15, 0.2) is 5.38 Å². The lowest BCUT2D eigenvalue weighted by molar-refractivity contribution is 0.0943. The number of anilines is 1. The molecule has 1 saturated heterocycles. The van der Waals surface area contributed by atoms with E-state index in [2.05, 4.69) is 15.2 Å². The van der Waals surface area contributed by atoms with Gasteiger partial charge >= 0.3 is 0 Å². The van der Waals surface area contributed by atoms with Crippen LogP contribution in [0.1, 0.15) is 29.8 Å². The van der Waals surface area contributed by atoms with Gasteiger partial charge in [-0.05, 0) is 31.7 Å². The summed E-state index contributed by atoms with van der Waals surface area (Å²) >= 11 is 1.30. The van der Waals surface area contributed by atoms with Crippen LogP contribution in [0.5, 0.6) is 0 Å². The second-order valence-corrected chi connectivity index (χ2v) is 6.05. The topological polar surface area (TPSA) is 71.2 Å². The minimum absolute atomic E-state index is 0.104. The number of nitrogen functional groups attached to an aromatic ring is 1. The molecule has 5 nitrogen and oxygen atoms in total. The van der Waals surface area contributed by atoms with Gasteiger partial charge in [0.1, 0.15) is 5.69 Å². The lowest BCUT2D eigenvalue weighted by Crippen LogP contribution is -2.31. The summed E-state index contributed by atoms with van der Waals surface area (Å²) in [7, 11) is 0. The molecule has 3 rings (SSSR count). The number of aromatic nitrogens is 1. The predicted octanol–water partition coefficient (Wildman–Crippen LogP) is 0.939. The lowest BCUT2D eigenvalue weighted by atomic mass is 10.1. The summed E-state index contributed by atoms with van der Waals surface area (Å²) in [5, 5.41) is 5.11. The van der Waals surface area contributed by atoms with Crippen LogP contribution in [0.2, 0.25) is 0 Å². The van der Waals surface area contributed by atoms with Crippen molar-refractivity contribution < 1.29 is 4.79 Å². The zero-order chi connectivity index (χ0) is 12.5. The van der Waals surface area contributed by atoms with Crippen LogP contribution in [0.4, 0.5) is 5.13 Å². The SMILES string of the molecule is Nc1nc(C(=O)NCC2CCN(C3CC3)C2)cs1. The Morgan fingerprint density at radius 2 is 2.39 bits per heavy atom. The van der Waals surface area contributed by atoms with Crippen LogP contribution < -0.4 is 11.1 Å². The van der Waals surface area contributed by atoms with Gasteiger partial charge in [0.05, 0.1) is 0 Å². The molecule has 1 saturated carbocycles. The molecule has 1 aromatic rings. The molecule has 1 amide bonds. The van der Waals surface area contributed by atoms with E-state index in [4.69, 9.17) is 5.73 Å². The van der Waals surface area contributed by atoms with Crippen molar-refractivity contribution in [3.63, 3.8) is 0 Å². The van der Waals surface area contributed by atoms with Crippen molar-refractivity contribution in [2.75, 3.05) is 25.4 Å². The molecule has 1 aliphatic heterocycles. The van der Waals surface area contributed by atoms with Gasteiger partial charge < -0.3 is 16.0 Å². The Hall–Kier alpha value is -1.14. The van der Waals surface area contributed by atoms with E-state index in [1.165, 1.54) is 37.1 Å². The first kappa shape index (κ1) is 11.9. The standard InChI is InChI=1S/C12H18N4OS/c13-12-15-10(7-18-12)11(17)14-5-8-3-4-16(6-8)9-1-2-9/h7-9H,1-6H2,(H2,13,15)(H,14,17). The predicted molar refractivity (Wildman–Crippen MR) is 71.6 cm³/mol. The summed E-state index contributed by atoms with van der Waals surface area (Å²) in [4.78, 5) is 18.3. The molecule has 6 heteroatoms. The van der Waals surface area contributed by atoms with Crippen molar-refractivity contribution in [2.45, 2.75) is 25.3 Å². The molecular weight excluding hydrogens is 248 g/mol. The fourth-order valence-corrected chi connectivity index (χ4v) is 3.06. The van der Waals surface area contributed by atoms with Crippen molar-refractivity contribution >= 4 is 22.4 Å². The van der Waals surface area contributed by atoms with Crippen molar-refractivity contribution in [1.29, 1.82) is 0 Å². The van der Waals surface area contributed by atoms with Gasteiger partial charge in [0.25, 0.3) is 5.91 Å². The number of rotatable bonds is 4. The zero-order valence-corrected chi connectivity index (χ0v) is 11.1. The first-order valence-corrected chi connectivity index (χ1v) is 7.33. The van der Waals surface area contributed by atoms with Gasteiger partial charge in [-0.1, -0.05) is 0 Å². The fraction of sp³-hybridized carbons (Fsp3) is 0.667. The summed E-state index contributed by atoms with van der Waals surface area (Å²) in [6, 6.07) is 0.837. The summed E-state index contributed by atoms with van der Waals surface area (Å²) in [6.07, 6.45) is 3.91. The van der Waals surface area contributed by atoms with E-state index in [-0.39, 0.29) is 5.91 Å². The normalized spacial score (nSPS) is 24.3. The fourth-order valence-electron chi connectivity index (χ4n) is 2.52. The maximum absolute atomic E-state index is 11.8. The molecule has 98 valence electrons. The number of hydrogen-bond acceptors (Lipinski definition) is 5. The number of carbonyl (C=O) groups excluding carboxylic acids is 1. The number of nitrogens with one attached hydrogen (secondary N) is 1. The Bertz CT molecular complexity index is 443. The maximum Gasteiger partial charge on any atom is 0.270 e. The second kappa shape index (κ2) is 4.85. The van der Waals surface area contributed by atoms with Crippen LogP contribution in [0, 0.1) is 5.92 Å². The van der Waals surface area contributed by atoms with Crippen LogP contribution >= 0.6 is 11.3 Å². The molecule has 0 spiro atoms. The first-order chi connectivity index (χ1) is 8.72. The quantitative estimate of drug-likeness (QED) is 0.851. The minimum Gasteiger partial charge on any atom is -0.375 e. The van der Waals surface area contributed by atoms with Gasteiger partial charge in [0.15, 0.2) is 5.13 Å². The summed E-state index contributed by atoms with van der Waals surface area (Å²) in [5.41, 5.74) is 5.95. The summed E-state index contributed by atoms with van der Waals surface area (Å²) in [5.74, 6) is 0.485. The Kier molecular flexibility index (Phi) is 3.22. The molecular formula is C12H18N4OS. The Morgan fingerprint density at radius 3 is 3.06 bits per heavy atom. The van der Waals surface area contributed by atoms with Gasteiger partial charge in [0, 0.05) is 24.5 Å². The van der Waals surface area contributed by atoms with E-state index in [9.17, 15) is 4.79 Å². The molecule has 1 unspecified atom stereocenters. The van der Waals surface area contributed by atoms with E-state index < -0.39 is 0 Å². The van der Waals surface area contributed by atoms with Gasteiger partial charge in [0.2, 0.25) is 0 Å². The second-order valence-electron chi connectivity index (χ2n) is 5.16. The van der Waals surface area contributed by atoms with Crippen molar-refractivity contribution in [3.8, 4) is 0 Å². The number of carbonyl (C=O) groups is 1. The van der Waals surface area contributed by atoms with Gasteiger partial charge in [-0.15, -0.1) is 11.3 Å². The van der Waals surface area contributed by atoms with Gasteiger partial charge in [-0.25, -0.2) is 4.98 Å². The highest BCUT2D eigenvalue weighted by atomic mass is 32.1. The molecule has 3 N–H and O–H groups in total. The van der Waals surface area contributed by atoms with E-state index in [0.717, 1.165) is 19.1 Å². The average molecular weight is 266 g/mol.